The number of amides is 1. The van der Waals surface area contributed by atoms with Crippen LogP contribution >= 0.6 is 34.7 Å². The number of rotatable bonds is 7. The lowest BCUT2D eigenvalue weighted by atomic mass is 10.2. The van der Waals surface area contributed by atoms with Crippen LogP contribution in [0.15, 0.2) is 29.6 Å². The van der Waals surface area contributed by atoms with Gasteiger partial charge in [0.25, 0.3) is 0 Å². The molecular formula is C15H16ClNO3S2. The van der Waals surface area contributed by atoms with Gasteiger partial charge in [-0.05, 0) is 17.5 Å². The molecule has 0 aliphatic rings. The van der Waals surface area contributed by atoms with Crippen molar-refractivity contribution in [2.24, 2.45) is 0 Å². The van der Waals surface area contributed by atoms with Crippen molar-refractivity contribution in [2.45, 2.75) is 5.75 Å². The molecule has 0 aliphatic heterocycles. The van der Waals surface area contributed by atoms with E-state index >= 15 is 0 Å². The molecule has 0 atom stereocenters. The molecule has 0 spiro atoms. The molecule has 0 radical (unpaired) electrons. The Balaban J connectivity index is 1.94. The number of thioether (sulfide) groups is 1. The maximum absolute atomic E-state index is 12.0. The van der Waals surface area contributed by atoms with Crippen molar-refractivity contribution < 1.29 is 14.3 Å². The van der Waals surface area contributed by atoms with Gasteiger partial charge in [-0.25, -0.2) is 0 Å². The largest absolute Gasteiger partial charge is 0.495 e. The third-order valence-corrected chi connectivity index (χ3v) is 5.14. The van der Waals surface area contributed by atoms with Crippen LogP contribution in [0.5, 0.6) is 11.5 Å². The second kappa shape index (κ2) is 8.31. The van der Waals surface area contributed by atoms with Crippen molar-refractivity contribution in [1.82, 2.24) is 0 Å². The summed E-state index contributed by atoms with van der Waals surface area (Å²) < 4.78 is 10.4. The van der Waals surface area contributed by atoms with Crippen molar-refractivity contribution in [2.75, 3.05) is 25.3 Å². The Bertz CT molecular complexity index is 632. The van der Waals surface area contributed by atoms with Crippen LogP contribution in [0.1, 0.15) is 4.88 Å². The van der Waals surface area contributed by atoms with E-state index in [0.29, 0.717) is 28.0 Å². The van der Waals surface area contributed by atoms with Crippen LogP contribution in [0, 0.1) is 0 Å². The molecule has 0 fully saturated rings. The Labute approximate surface area is 142 Å². The van der Waals surface area contributed by atoms with Crippen LogP contribution in [0.2, 0.25) is 5.02 Å². The zero-order valence-electron chi connectivity index (χ0n) is 12.2. The first-order valence-corrected chi connectivity index (χ1v) is 8.86. The monoisotopic (exact) mass is 357 g/mol. The first-order chi connectivity index (χ1) is 10.6. The molecular weight excluding hydrogens is 342 g/mol. The Morgan fingerprint density at radius 2 is 2.09 bits per heavy atom. The Kier molecular flexibility index (Phi) is 6.42. The van der Waals surface area contributed by atoms with Gasteiger partial charge in [-0.15, -0.1) is 23.1 Å². The third kappa shape index (κ3) is 4.56. The van der Waals surface area contributed by atoms with Crippen LogP contribution in [0.25, 0.3) is 0 Å². The molecule has 22 heavy (non-hydrogen) atoms. The second-order valence-electron chi connectivity index (χ2n) is 4.31. The van der Waals surface area contributed by atoms with E-state index < -0.39 is 0 Å². The number of carbonyl (C=O) groups excluding carboxylic acids is 1. The highest BCUT2D eigenvalue weighted by atomic mass is 35.5. The van der Waals surface area contributed by atoms with Crippen molar-refractivity contribution in [1.29, 1.82) is 0 Å². The van der Waals surface area contributed by atoms with E-state index in [4.69, 9.17) is 21.1 Å². The predicted molar refractivity (Wildman–Crippen MR) is 93.7 cm³/mol. The van der Waals surface area contributed by atoms with Crippen LogP contribution in [0.4, 0.5) is 5.69 Å². The second-order valence-corrected chi connectivity index (χ2v) is 6.73. The van der Waals surface area contributed by atoms with Gasteiger partial charge in [-0.1, -0.05) is 17.7 Å². The summed E-state index contributed by atoms with van der Waals surface area (Å²) in [6, 6.07) is 7.34. The average Bonchev–Trinajstić information content (AvgIpc) is 3.01. The number of benzene rings is 1. The maximum Gasteiger partial charge on any atom is 0.234 e. The molecule has 0 unspecified atom stereocenters. The fourth-order valence-electron chi connectivity index (χ4n) is 1.78. The summed E-state index contributed by atoms with van der Waals surface area (Å²) >= 11 is 9.33. The fraction of sp³-hybridized carbons (Fsp3) is 0.267. The zero-order valence-corrected chi connectivity index (χ0v) is 14.6. The molecule has 2 rings (SSSR count). The van der Waals surface area contributed by atoms with Crippen molar-refractivity contribution in [3.05, 3.63) is 39.5 Å². The summed E-state index contributed by atoms with van der Waals surface area (Å²) in [6.07, 6.45) is 0. The minimum atomic E-state index is -0.0962. The van der Waals surface area contributed by atoms with Crippen LogP contribution in [0.3, 0.4) is 0 Å². The molecule has 1 amide bonds. The van der Waals surface area contributed by atoms with Crippen LogP contribution in [-0.2, 0) is 10.5 Å². The first-order valence-electron chi connectivity index (χ1n) is 6.45. The number of hydrogen-bond acceptors (Lipinski definition) is 5. The minimum Gasteiger partial charge on any atom is -0.495 e. The lowest BCUT2D eigenvalue weighted by molar-refractivity contribution is -0.113. The molecule has 118 valence electrons. The van der Waals surface area contributed by atoms with Crippen molar-refractivity contribution in [3.63, 3.8) is 0 Å². The van der Waals surface area contributed by atoms with Gasteiger partial charge in [-0.2, -0.15) is 0 Å². The topological polar surface area (TPSA) is 47.6 Å². The minimum absolute atomic E-state index is 0.0962. The van der Waals surface area contributed by atoms with Gasteiger partial charge in [0.1, 0.15) is 11.5 Å². The van der Waals surface area contributed by atoms with E-state index in [-0.39, 0.29) is 5.91 Å². The van der Waals surface area contributed by atoms with Gasteiger partial charge in [-0.3, -0.25) is 4.79 Å². The summed E-state index contributed by atoms with van der Waals surface area (Å²) in [4.78, 5) is 13.3. The lowest BCUT2D eigenvalue weighted by Crippen LogP contribution is -2.15. The average molecular weight is 358 g/mol. The highest BCUT2D eigenvalue weighted by Gasteiger charge is 2.12. The van der Waals surface area contributed by atoms with Gasteiger partial charge in [0.2, 0.25) is 5.91 Å². The molecule has 0 bridgehead atoms. The summed E-state index contributed by atoms with van der Waals surface area (Å²) in [7, 11) is 3.06. The van der Waals surface area contributed by atoms with Gasteiger partial charge in [0.15, 0.2) is 0 Å². The zero-order chi connectivity index (χ0) is 15.9. The highest BCUT2D eigenvalue weighted by Crippen LogP contribution is 2.35. The molecule has 7 heteroatoms. The summed E-state index contributed by atoms with van der Waals surface area (Å²) in [5.74, 6) is 2.11. The van der Waals surface area contributed by atoms with E-state index in [0.717, 1.165) is 5.75 Å². The molecule has 4 nitrogen and oxygen atoms in total. The smallest absolute Gasteiger partial charge is 0.234 e. The van der Waals surface area contributed by atoms with Crippen LogP contribution < -0.4 is 14.8 Å². The number of anilines is 1. The SMILES string of the molecule is COc1cc(OC)c(NC(=O)CSCc2cccs2)cc1Cl. The Morgan fingerprint density at radius 3 is 2.73 bits per heavy atom. The number of nitrogens with one attached hydrogen (secondary N) is 1. The highest BCUT2D eigenvalue weighted by molar-refractivity contribution is 7.99. The lowest BCUT2D eigenvalue weighted by Gasteiger charge is -2.13. The fourth-order valence-corrected chi connectivity index (χ4v) is 3.69. The van der Waals surface area contributed by atoms with Crippen molar-refractivity contribution in [3.8, 4) is 11.5 Å². The molecule has 0 aliphatic carbocycles. The number of hydrogen-bond donors (Lipinski definition) is 1. The number of halogens is 1. The van der Waals surface area contributed by atoms with E-state index in [2.05, 4.69) is 11.4 Å². The number of methoxy groups -OCH3 is 2. The predicted octanol–water partition coefficient (Wildman–Crippen LogP) is 4.29. The summed E-state index contributed by atoms with van der Waals surface area (Å²) in [5, 5.41) is 5.26. The van der Waals surface area contributed by atoms with Crippen molar-refractivity contribution >= 4 is 46.3 Å². The quantitative estimate of drug-likeness (QED) is 0.803. The molecule has 2 aromatic rings. The standard InChI is InChI=1S/C15H16ClNO3S2/c1-19-13-7-14(20-2)12(6-11(13)16)17-15(18)9-21-8-10-4-3-5-22-10/h3-7H,8-9H2,1-2H3,(H,17,18). The molecule has 0 saturated carbocycles. The molecule has 1 aromatic carbocycles. The van der Waals surface area contributed by atoms with Gasteiger partial charge in [0.05, 0.1) is 30.7 Å². The normalized spacial score (nSPS) is 10.3. The van der Waals surface area contributed by atoms with Crippen LogP contribution in [-0.4, -0.2) is 25.9 Å². The maximum atomic E-state index is 12.0. The molecule has 1 N–H and O–H groups in total. The molecule has 0 saturated heterocycles. The summed E-state index contributed by atoms with van der Waals surface area (Å²) in [5.41, 5.74) is 0.537. The first kappa shape index (κ1) is 17.0. The van der Waals surface area contributed by atoms with Gasteiger partial charge < -0.3 is 14.8 Å². The Hall–Kier alpha value is -1.37. The van der Waals surface area contributed by atoms with E-state index in [1.165, 1.54) is 19.1 Å². The van der Waals surface area contributed by atoms with E-state index in [1.54, 1.807) is 35.2 Å². The Morgan fingerprint density at radius 1 is 1.32 bits per heavy atom. The molecule has 1 aromatic heterocycles. The number of thiophene rings is 1. The number of carbonyl (C=O) groups is 1. The third-order valence-electron chi connectivity index (χ3n) is 2.81. The number of ether oxygens (including phenoxy) is 2. The molecule has 1 heterocycles. The summed E-state index contributed by atoms with van der Waals surface area (Å²) in [6.45, 7) is 0. The van der Waals surface area contributed by atoms with E-state index in [9.17, 15) is 4.79 Å². The van der Waals surface area contributed by atoms with E-state index in [1.807, 2.05) is 11.4 Å². The van der Waals surface area contributed by atoms with Gasteiger partial charge >= 0.3 is 0 Å². The van der Waals surface area contributed by atoms with Gasteiger partial charge in [0, 0.05) is 16.7 Å².